The molecule has 0 spiro atoms. The molecule has 4 heteroatoms. The van der Waals surface area contributed by atoms with Crippen molar-refractivity contribution >= 4 is 0 Å². The van der Waals surface area contributed by atoms with E-state index in [0.717, 1.165) is 42.4 Å². The van der Waals surface area contributed by atoms with Crippen molar-refractivity contribution in [1.82, 2.24) is 0 Å². The Balaban J connectivity index is 1.61. The lowest BCUT2D eigenvalue weighted by Crippen LogP contribution is -2.60. The molecule has 4 nitrogen and oxygen atoms in total. The molecule has 2 heterocycles. The van der Waals surface area contributed by atoms with E-state index in [1.165, 1.54) is 0 Å². The van der Waals surface area contributed by atoms with E-state index in [1.807, 2.05) is 18.2 Å². The van der Waals surface area contributed by atoms with E-state index in [2.05, 4.69) is 72.8 Å². The van der Waals surface area contributed by atoms with E-state index in [9.17, 15) is 5.21 Å². The molecule has 33 heavy (non-hydrogen) atoms. The molecular formula is C29H33NO3. The van der Waals surface area contributed by atoms with Crippen LogP contribution in [-0.2, 0) is 15.1 Å². The van der Waals surface area contributed by atoms with Crippen LogP contribution in [0.3, 0.4) is 0 Å². The van der Waals surface area contributed by atoms with Crippen LogP contribution >= 0.6 is 0 Å². The minimum Gasteiger partial charge on any atom is -0.632 e. The van der Waals surface area contributed by atoms with Crippen LogP contribution in [0.5, 0.6) is 0 Å². The summed E-state index contributed by atoms with van der Waals surface area (Å²) in [6.45, 7) is 1.61. The van der Waals surface area contributed by atoms with E-state index < -0.39 is 11.1 Å². The average Bonchev–Trinajstić information content (AvgIpc) is 3.33. The Morgan fingerprint density at radius 3 is 1.85 bits per heavy atom. The number of fused-ring (bicyclic) bond motifs is 1. The van der Waals surface area contributed by atoms with Gasteiger partial charge in [-0.3, -0.25) is 0 Å². The van der Waals surface area contributed by atoms with Gasteiger partial charge in [-0.2, -0.15) is 0 Å². The summed E-state index contributed by atoms with van der Waals surface area (Å²) >= 11 is 0. The normalized spacial score (nSPS) is 26.9. The first-order valence-electron chi connectivity index (χ1n) is 12.0. The summed E-state index contributed by atoms with van der Waals surface area (Å²) in [5.41, 5.74) is 2.03. The molecule has 0 bridgehead atoms. The van der Waals surface area contributed by atoms with E-state index in [1.54, 1.807) is 7.11 Å². The highest BCUT2D eigenvalue weighted by Crippen LogP contribution is 2.51. The third-order valence-electron chi connectivity index (χ3n) is 7.93. The number of methoxy groups -OCH3 is 1. The summed E-state index contributed by atoms with van der Waals surface area (Å²) < 4.78 is 12.4. The molecule has 2 aliphatic rings. The molecule has 3 aromatic rings. The Labute approximate surface area is 196 Å². The van der Waals surface area contributed by atoms with E-state index in [0.29, 0.717) is 19.8 Å². The summed E-state index contributed by atoms with van der Waals surface area (Å²) in [5.74, 6) is 0. The highest BCUT2D eigenvalue weighted by Gasteiger charge is 2.59. The highest BCUT2D eigenvalue weighted by atomic mass is 16.6. The second-order valence-electron chi connectivity index (χ2n) is 9.56. The van der Waals surface area contributed by atoms with Gasteiger partial charge in [0.1, 0.15) is 23.8 Å². The lowest BCUT2D eigenvalue weighted by atomic mass is 9.79. The fourth-order valence-electron chi connectivity index (χ4n) is 6.26. The zero-order chi connectivity index (χ0) is 22.8. The lowest BCUT2D eigenvalue weighted by molar-refractivity contribution is -0.929. The quantitative estimate of drug-likeness (QED) is 0.257. The van der Waals surface area contributed by atoms with Crippen molar-refractivity contribution < 1.29 is 14.1 Å². The Hall–Kier alpha value is -2.50. The molecule has 0 N–H and O–H groups in total. The molecule has 3 atom stereocenters. The Bertz CT molecular complexity index is 946. The zero-order valence-corrected chi connectivity index (χ0v) is 19.4. The summed E-state index contributed by atoms with van der Waals surface area (Å²) in [6, 6.07) is 31.3. The second-order valence-corrected chi connectivity index (χ2v) is 9.56. The second kappa shape index (κ2) is 9.03. The molecular weight excluding hydrogens is 410 g/mol. The number of quaternary nitrogens is 1. The Morgan fingerprint density at radius 1 is 0.848 bits per heavy atom. The minimum atomic E-state index is -0.786. The van der Waals surface area contributed by atoms with Gasteiger partial charge in [-0.1, -0.05) is 91.0 Å². The van der Waals surface area contributed by atoms with Crippen LogP contribution in [0.2, 0.25) is 0 Å². The molecule has 3 aromatic carbocycles. The molecule has 0 aromatic heterocycles. The van der Waals surface area contributed by atoms with E-state index in [-0.39, 0.29) is 10.7 Å². The number of hydrogen-bond donors (Lipinski definition) is 0. The van der Waals surface area contributed by atoms with Gasteiger partial charge >= 0.3 is 0 Å². The number of nitrogens with zero attached hydrogens (tertiary/aromatic N) is 1. The number of hydroxylamine groups is 3. The molecule has 0 radical (unpaired) electrons. The zero-order valence-electron chi connectivity index (χ0n) is 19.4. The van der Waals surface area contributed by atoms with Crippen LogP contribution in [-0.4, -0.2) is 43.1 Å². The maximum Gasteiger partial charge on any atom is 0.144 e. The molecule has 0 saturated carbocycles. The summed E-state index contributed by atoms with van der Waals surface area (Å²) in [5, 5.41) is 14.2. The van der Waals surface area contributed by atoms with Gasteiger partial charge in [0.25, 0.3) is 0 Å². The largest absolute Gasteiger partial charge is 0.632 e. The smallest absolute Gasteiger partial charge is 0.144 e. The monoisotopic (exact) mass is 443 g/mol. The predicted molar refractivity (Wildman–Crippen MR) is 131 cm³/mol. The minimum absolute atomic E-state index is 0.000626. The van der Waals surface area contributed by atoms with Crippen molar-refractivity contribution in [2.45, 2.75) is 42.9 Å². The van der Waals surface area contributed by atoms with Crippen molar-refractivity contribution in [3.63, 3.8) is 0 Å². The third-order valence-corrected chi connectivity index (χ3v) is 7.93. The van der Waals surface area contributed by atoms with Gasteiger partial charge in [-0.05, 0) is 16.7 Å². The van der Waals surface area contributed by atoms with E-state index in [4.69, 9.17) is 9.47 Å². The third kappa shape index (κ3) is 3.62. The SMILES string of the molecule is COC[C@@H]1CC[C@]2(COC(c3ccccc3)(c3ccccc3)c3ccccc3)CCC[N+]12[O-]. The lowest BCUT2D eigenvalue weighted by Gasteiger charge is -2.52. The summed E-state index contributed by atoms with van der Waals surface area (Å²) in [7, 11) is 1.70. The van der Waals surface area contributed by atoms with Crippen molar-refractivity contribution in [3.8, 4) is 0 Å². The number of rotatable bonds is 8. The number of hydrogen-bond acceptors (Lipinski definition) is 3. The molecule has 2 fully saturated rings. The summed E-state index contributed by atoms with van der Waals surface area (Å²) in [6.07, 6.45) is 3.64. The topological polar surface area (TPSA) is 41.5 Å². The van der Waals surface area contributed by atoms with Gasteiger partial charge in [0.15, 0.2) is 0 Å². The number of benzene rings is 3. The van der Waals surface area contributed by atoms with Crippen LogP contribution in [0, 0.1) is 5.21 Å². The molecule has 1 unspecified atom stereocenters. The standard InChI is InChI=1S/C29H33NO3/c1-32-22-27-18-20-28(19-11-21-30(27,28)31)23-33-29(24-12-5-2-6-13-24,25-14-7-3-8-15-25)26-16-9-4-10-17-26/h2-10,12-17,27H,11,18-23H2,1H3/t27-,28-,30?/m0/s1. The fourth-order valence-corrected chi connectivity index (χ4v) is 6.26. The maximum absolute atomic E-state index is 14.2. The summed E-state index contributed by atoms with van der Waals surface area (Å²) in [4.78, 5) is 0. The van der Waals surface area contributed by atoms with Gasteiger partial charge in [0, 0.05) is 32.8 Å². The molecule has 172 valence electrons. The number of ether oxygens (including phenoxy) is 2. The van der Waals surface area contributed by atoms with E-state index >= 15 is 0 Å². The van der Waals surface area contributed by atoms with Crippen molar-refractivity contribution in [1.29, 1.82) is 0 Å². The molecule has 5 rings (SSSR count). The molecule has 0 aliphatic carbocycles. The van der Waals surface area contributed by atoms with Crippen LogP contribution in [0.25, 0.3) is 0 Å². The first-order valence-corrected chi connectivity index (χ1v) is 12.0. The van der Waals surface area contributed by atoms with Crippen LogP contribution in [0.15, 0.2) is 91.0 Å². The molecule has 2 saturated heterocycles. The van der Waals surface area contributed by atoms with Crippen molar-refractivity contribution in [2.24, 2.45) is 0 Å². The molecule has 2 aliphatic heterocycles. The Kier molecular flexibility index (Phi) is 6.11. The van der Waals surface area contributed by atoms with Crippen LogP contribution in [0.4, 0.5) is 0 Å². The van der Waals surface area contributed by atoms with Crippen LogP contribution in [0.1, 0.15) is 42.4 Å². The fraction of sp³-hybridized carbons (Fsp3) is 0.379. The van der Waals surface area contributed by atoms with Crippen molar-refractivity contribution in [3.05, 3.63) is 113 Å². The maximum atomic E-state index is 14.2. The first-order chi connectivity index (χ1) is 16.1. The van der Waals surface area contributed by atoms with Crippen LogP contribution < -0.4 is 0 Å². The highest BCUT2D eigenvalue weighted by molar-refractivity contribution is 5.47. The van der Waals surface area contributed by atoms with Gasteiger partial charge < -0.3 is 19.3 Å². The average molecular weight is 444 g/mol. The first kappa shape index (κ1) is 22.3. The predicted octanol–water partition coefficient (Wildman–Crippen LogP) is 5.65. The van der Waals surface area contributed by atoms with Gasteiger partial charge in [-0.25, -0.2) is 0 Å². The Morgan fingerprint density at radius 2 is 1.36 bits per heavy atom. The van der Waals surface area contributed by atoms with Gasteiger partial charge in [-0.15, -0.1) is 0 Å². The van der Waals surface area contributed by atoms with Gasteiger partial charge in [0.05, 0.1) is 13.2 Å². The van der Waals surface area contributed by atoms with Gasteiger partial charge in [0.2, 0.25) is 0 Å². The van der Waals surface area contributed by atoms with Crippen molar-refractivity contribution in [2.75, 3.05) is 26.9 Å². The molecule has 0 amide bonds.